The fourth-order valence-corrected chi connectivity index (χ4v) is 2.43. The predicted octanol–water partition coefficient (Wildman–Crippen LogP) is 1.49. The topological polar surface area (TPSA) is 54.2 Å². The van der Waals surface area contributed by atoms with Crippen LogP contribution < -0.4 is 11.1 Å². The molecule has 0 saturated carbocycles. The summed E-state index contributed by atoms with van der Waals surface area (Å²) in [5.41, 5.74) is 8.22. The van der Waals surface area contributed by atoms with Crippen molar-refractivity contribution < 1.29 is 0 Å². The highest BCUT2D eigenvalue weighted by molar-refractivity contribution is 5.43. The maximum absolute atomic E-state index is 5.88. The molecule has 100 valence electrons. The Labute approximate surface area is 110 Å². The van der Waals surface area contributed by atoms with Gasteiger partial charge in [0.15, 0.2) is 0 Å². The van der Waals surface area contributed by atoms with E-state index in [4.69, 9.17) is 5.73 Å². The fraction of sp³-hybridized carbons (Fsp3) is 0.643. The van der Waals surface area contributed by atoms with Gasteiger partial charge in [-0.25, -0.2) is 0 Å². The van der Waals surface area contributed by atoms with E-state index in [9.17, 15) is 0 Å². The van der Waals surface area contributed by atoms with Crippen LogP contribution in [0.4, 0.5) is 5.69 Å². The quantitative estimate of drug-likeness (QED) is 0.847. The van der Waals surface area contributed by atoms with E-state index in [1.807, 2.05) is 6.07 Å². The molecule has 2 heterocycles. The van der Waals surface area contributed by atoms with Crippen LogP contribution in [0.5, 0.6) is 0 Å². The fourth-order valence-electron chi connectivity index (χ4n) is 2.43. The van der Waals surface area contributed by atoms with Gasteiger partial charge in [-0.2, -0.15) is 0 Å². The Morgan fingerprint density at radius 1 is 1.44 bits per heavy atom. The summed E-state index contributed by atoms with van der Waals surface area (Å²) in [5, 5.41) is 3.54. The number of anilines is 1. The SMILES string of the molecule is CN1CCC(C)(CNCc2ccncc2N)CC1. The van der Waals surface area contributed by atoms with E-state index >= 15 is 0 Å². The molecule has 1 aliphatic heterocycles. The summed E-state index contributed by atoms with van der Waals surface area (Å²) < 4.78 is 0. The van der Waals surface area contributed by atoms with Crippen LogP contribution in [-0.2, 0) is 6.54 Å². The minimum absolute atomic E-state index is 0.425. The van der Waals surface area contributed by atoms with Crippen LogP contribution in [0, 0.1) is 5.41 Å². The molecule has 0 spiro atoms. The molecule has 0 unspecified atom stereocenters. The zero-order valence-corrected chi connectivity index (χ0v) is 11.4. The van der Waals surface area contributed by atoms with Gasteiger partial charge in [0.1, 0.15) is 0 Å². The van der Waals surface area contributed by atoms with E-state index in [1.54, 1.807) is 12.4 Å². The number of nitrogen functional groups attached to an aromatic ring is 1. The molecule has 1 aromatic rings. The molecule has 4 nitrogen and oxygen atoms in total. The lowest BCUT2D eigenvalue weighted by molar-refractivity contribution is 0.137. The van der Waals surface area contributed by atoms with Crippen molar-refractivity contribution in [3.05, 3.63) is 24.0 Å². The van der Waals surface area contributed by atoms with Gasteiger partial charge >= 0.3 is 0 Å². The first-order valence-corrected chi connectivity index (χ1v) is 6.67. The molecule has 0 aliphatic carbocycles. The summed E-state index contributed by atoms with van der Waals surface area (Å²) in [5.74, 6) is 0. The first kappa shape index (κ1) is 13.3. The summed E-state index contributed by atoms with van der Waals surface area (Å²) >= 11 is 0. The van der Waals surface area contributed by atoms with Crippen molar-refractivity contribution in [3.63, 3.8) is 0 Å². The van der Waals surface area contributed by atoms with Crippen molar-refractivity contribution in [3.8, 4) is 0 Å². The van der Waals surface area contributed by atoms with Gasteiger partial charge < -0.3 is 16.0 Å². The van der Waals surface area contributed by atoms with E-state index < -0.39 is 0 Å². The van der Waals surface area contributed by atoms with Crippen LogP contribution in [0.15, 0.2) is 18.5 Å². The molecule has 4 heteroatoms. The molecular formula is C14H24N4. The van der Waals surface area contributed by atoms with Crippen molar-refractivity contribution >= 4 is 5.69 Å². The molecule has 1 aromatic heterocycles. The number of aromatic nitrogens is 1. The number of hydrogen-bond donors (Lipinski definition) is 2. The molecule has 1 fully saturated rings. The summed E-state index contributed by atoms with van der Waals surface area (Å²) in [4.78, 5) is 6.41. The molecule has 0 radical (unpaired) electrons. The van der Waals surface area contributed by atoms with Crippen LogP contribution >= 0.6 is 0 Å². The third-order valence-electron chi connectivity index (χ3n) is 4.01. The molecule has 0 aromatic carbocycles. The van der Waals surface area contributed by atoms with E-state index in [1.165, 1.54) is 25.9 Å². The lowest BCUT2D eigenvalue weighted by Crippen LogP contribution is -2.41. The Morgan fingerprint density at radius 2 is 2.17 bits per heavy atom. The normalized spacial score (nSPS) is 19.9. The molecule has 3 N–H and O–H groups in total. The van der Waals surface area contributed by atoms with Gasteiger partial charge in [0.05, 0.1) is 11.9 Å². The van der Waals surface area contributed by atoms with Crippen LogP contribution in [0.1, 0.15) is 25.3 Å². The Morgan fingerprint density at radius 3 is 2.83 bits per heavy atom. The lowest BCUT2D eigenvalue weighted by Gasteiger charge is -2.38. The van der Waals surface area contributed by atoms with E-state index in [0.29, 0.717) is 5.41 Å². The van der Waals surface area contributed by atoms with Gasteiger partial charge in [0.25, 0.3) is 0 Å². The van der Waals surface area contributed by atoms with E-state index in [-0.39, 0.29) is 0 Å². The van der Waals surface area contributed by atoms with Gasteiger partial charge in [-0.05, 0) is 50.0 Å². The monoisotopic (exact) mass is 248 g/mol. The maximum atomic E-state index is 5.88. The van der Waals surface area contributed by atoms with Crippen molar-refractivity contribution in [2.24, 2.45) is 5.41 Å². The van der Waals surface area contributed by atoms with Gasteiger partial charge in [-0.1, -0.05) is 6.92 Å². The first-order chi connectivity index (χ1) is 8.59. The molecule has 1 aliphatic rings. The first-order valence-electron chi connectivity index (χ1n) is 6.67. The number of likely N-dealkylation sites (tertiary alicyclic amines) is 1. The highest BCUT2D eigenvalue weighted by Crippen LogP contribution is 2.29. The molecule has 1 saturated heterocycles. The summed E-state index contributed by atoms with van der Waals surface area (Å²) in [6.07, 6.45) is 6.05. The third-order valence-corrected chi connectivity index (χ3v) is 4.01. The van der Waals surface area contributed by atoms with Crippen molar-refractivity contribution in [1.82, 2.24) is 15.2 Å². The second-order valence-electron chi connectivity index (χ2n) is 5.79. The molecule has 0 atom stereocenters. The predicted molar refractivity (Wildman–Crippen MR) is 75.2 cm³/mol. The van der Waals surface area contributed by atoms with Crippen molar-refractivity contribution in [2.45, 2.75) is 26.3 Å². The number of hydrogen-bond acceptors (Lipinski definition) is 4. The smallest absolute Gasteiger partial charge is 0.0546 e. The van der Waals surface area contributed by atoms with Crippen LogP contribution in [0.25, 0.3) is 0 Å². The van der Waals surface area contributed by atoms with E-state index in [0.717, 1.165) is 24.3 Å². The average molecular weight is 248 g/mol. The molecule has 2 rings (SSSR count). The summed E-state index contributed by atoms with van der Waals surface area (Å²) in [6, 6.07) is 1.99. The van der Waals surface area contributed by atoms with Crippen LogP contribution in [0.3, 0.4) is 0 Å². The number of nitrogens with two attached hydrogens (primary N) is 1. The van der Waals surface area contributed by atoms with E-state index in [2.05, 4.69) is 29.2 Å². The lowest BCUT2D eigenvalue weighted by atomic mass is 9.80. The maximum Gasteiger partial charge on any atom is 0.0546 e. The highest BCUT2D eigenvalue weighted by Gasteiger charge is 2.28. The summed E-state index contributed by atoms with van der Waals surface area (Å²) in [7, 11) is 2.20. The van der Waals surface area contributed by atoms with Crippen LogP contribution in [-0.4, -0.2) is 36.6 Å². The van der Waals surface area contributed by atoms with Gasteiger partial charge in [0.2, 0.25) is 0 Å². The standard InChI is InChI=1S/C14H24N4/c1-14(4-7-18(2)8-5-14)11-17-9-12-3-6-16-10-13(12)15/h3,6,10,17H,4-5,7-9,11,15H2,1-2H3. The third kappa shape index (κ3) is 3.43. The van der Waals surface area contributed by atoms with Gasteiger partial charge in [-0.15, -0.1) is 0 Å². The molecule has 0 bridgehead atoms. The molecule has 0 amide bonds. The average Bonchev–Trinajstić information content (AvgIpc) is 2.36. The second-order valence-corrected chi connectivity index (χ2v) is 5.79. The zero-order valence-electron chi connectivity index (χ0n) is 11.4. The Balaban J connectivity index is 1.80. The number of pyridine rings is 1. The minimum Gasteiger partial charge on any atom is -0.397 e. The minimum atomic E-state index is 0.425. The Kier molecular flexibility index (Phi) is 4.19. The van der Waals surface area contributed by atoms with Crippen molar-refractivity contribution in [2.75, 3.05) is 32.4 Å². The number of piperidine rings is 1. The number of rotatable bonds is 4. The molecule has 18 heavy (non-hydrogen) atoms. The zero-order chi connectivity index (χ0) is 13.0. The second kappa shape index (κ2) is 5.67. The van der Waals surface area contributed by atoms with Crippen molar-refractivity contribution in [1.29, 1.82) is 0 Å². The number of nitrogens with one attached hydrogen (secondary N) is 1. The summed E-state index contributed by atoms with van der Waals surface area (Å²) in [6.45, 7) is 6.68. The van der Waals surface area contributed by atoms with Crippen LogP contribution in [0.2, 0.25) is 0 Å². The number of nitrogens with zero attached hydrogens (tertiary/aromatic N) is 2. The largest absolute Gasteiger partial charge is 0.397 e. The van der Waals surface area contributed by atoms with Gasteiger partial charge in [0, 0.05) is 19.3 Å². The Hall–Kier alpha value is -1.13. The van der Waals surface area contributed by atoms with Gasteiger partial charge in [-0.3, -0.25) is 4.98 Å². The Bertz CT molecular complexity index is 383. The molecular weight excluding hydrogens is 224 g/mol. The highest BCUT2D eigenvalue weighted by atomic mass is 15.1.